The molecule has 100 valence electrons. The van der Waals surface area contributed by atoms with Crippen LogP contribution in [0.3, 0.4) is 0 Å². The van der Waals surface area contributed by atoms with Gasteiger partial charge in [-0.3, -0.25) is 0 Å². The largest absolute Gasteiger partial charge is 0.496 e. The lowest BCUT2D eigenvalue weighted by atomic mass is 9.67. The third kappa shape index (κ3) is 2.24. The van der Waals surface area contributed by atoms with Crippen LogP contribution in [0.2, 0.25) is 5.02 Å². The molecule has 18 heavy (non-hydrogen) atoms. The second-order valence-electron chi connectivity index (χ2n) is 5.43. The first-order valence-corrected chi connectivity index (χ1v) is 6.93. The lowest BCUT2D eigenvalue weighted by Gasteiger charge is -2.42. The molecule has 0 radical (unpaired) electrons. The number of benzene rings is 1. The van der Waals surface area contributed by atoms with Gasteiger partial charge >= 0.3 is 0 Å². The number of hydrogen-bond donors (Lipinski definition) is 1. The first-order valence-electron chi connectivity index (χ1n) is 6.55. The lowest BCUT2D eigenvalue weighted by molar-refractivity contribution is -0.0701. The Bertz CT molecular complexity index is 433. The van der Waals surface area contributed by atoms with Crippen molar-refractivity contribution in [1.29, 1.82) is 0 Å². The summed E-state index contributed by atoms with van der Waals surface area (Å²) in [5.41, 5.74) is 0.00465. The van der Waals surface area contributed by atoms with Gasteiger partial charge in [0.15, 0.2) is 0 Å². The fraction of sp³-hybridized carbons (Fsp3) is 0.600. The van der Waals surface area contributed by atoms with Crippen molar-refractivity contribution in [3.8, 4) is 5.75 Å². The summed E-state index contributed by atoms with van der Waals surface area (Å²) < 4.78 is 5.38. The molecule has 1 N–H and O–H groups in total. The molecular formula is C15H21ClO2. The molecule has 2 nitrogen and oxygen atoms in total. The molecule has 1 saturated carbocycles. The van der Waals surface area contributed by atoms with Crippen LogP contribution in [0.15, 0.2) is 18.2 Å². The molecule has 0 bridgehead atoms. The van der Waals surface area contributed by atoms with Gasteiger partial charge in [-0.05, 0) is 42.9 Å². The van der Waals surface area contributed by atoms with E-state index >= 15 is 0 Å². The Labute approximate surface area is 114 Å². The lowest BCUT2D eigenvalue weighted by Crippen LogP contribution is -2.40. The van der Waals surface area contributed by atoms with E-state index in [1.807, 2.05) is 12.1 Å². The average Bonchev–Trinajstić information content (AvgIpc) is 2.36. The molecule has 1 aromatic carbocycles. The van der Waals surface area contributed by atoms with Gasteiger partial charge in [-0.2, -0.15) is 0 Å². The Balaban J connectivity index is 2.48. The Hall–Kier alpha value is -0.730. The third-order valence-corrected chi connectivity index (χ3v) is 4.69. The van der Waals surface area contributed by atoms with Crippen LogP contribution in [-0.4, -0.2) is 12.2 Å². The molecule has 2 rings (SSSR count). The Morgan fingerprint density at radius 2 is 2.11 bits per heavy atom. The van der Waals surface area contributed by atoms with Crippen molar-refractivity contribution in [2.24, 2.45) is 11.8 Å². The van der Waals surface area contributed by atoms with Crippen molar-refractivity contribution >= 4 is 11.6 Å². The zero-order valence-corrected chi connectivity index (χ0v) is 12.0. The van der Waals surface area contributed by atoms with E-state index in [-0.39, 0.29) is 5.92 Å². The van der Waals surface area contributed by atoms with Crippen LogP contribution >= 0.6 is 11.6 Å². The Kier molecular flexibility index (Phi) is 3.88. The van der Waals surface area contributed by atoms with Crippen LogP contribution in [0.1, 0.15) is 38.7 Å². The van der Waals surface area contributed by atoms with E-state index in [4.69, 9.17) is 16.3 Å². The van der Waals surface area contributed by atoms with E-state index in [9.17, 15) is 5.11 Å². The second kappa shape index (κ2) is 5.10. The third-order valence-electron chi connectivity index (χ3n) is 4.45. The van der Waals surface area contributed by atoms with E-state index in [1.165, 1.54) is 6.42 Å². The van der Waals surface area contributed by atoms with Gasteiger partial charge in [0.1, 0.15) is 5.75 Å². The van der Waals surface area contributed by atoms with Gasteiger partial charge < -0.3 is 9.84 Å². The number of halogens is 1. The van der Waals surface area contributed by atoms with Crippen LogP contribution in [0.4, 0.5) is 0 Å². The topological polar surface area (TPSA) is 29.5 Å². The Morgan fingerprint density at radius 1 is 1.39 bits per heavy atom. The molecule has 0 aliphatic heterocycles. The van der Waals surface area contributed by atoms with E-state index < -0.39 is 5.60 Å². The Morgan fingerprint density at radius 3 is 2.78 bits per heavy atom. The second-order valence-corrected chi connectivity index (χ2v) is 5.86. The SMILES string of the molecule is COc1ccc(Cl)cc1C1(O)CCCC(C)C1C. The van der Waals surface area contributed by atoms with E-state index in [2.05, 4.69) is 13.8 Å². The molecule has 0 saturated heterocycles. The van der Waals surface area contributed by atoms with Gasteiger partial charge in [0.05, 0.1) is 12.7 Å². The minimum absolute atomic E-state index is 0.207. The molecule has 0 aromatic heterocycles. The maximum atomic E-state index is 11.1. The molecule has 3 unspecified atom stereocenters. The van der Waals surface area contributed by atoms with Crippen LogP contribution in [-0.2, 0) is 5.60 Å². The zero-order valence-electron chi connectivity index (χ0n) is 11.2. The van der Waals surface area contributed by atoms with Gasteiger partial charge in [0.25, 0.3) is 0 Å². The molecule has 1 fully saturated rings. The molecule has 3 atom stereocenters. The molecular weight excluding hydrogens is 248 g/mol. The first-order chi connectivity index (χ1) is 8.49. The highest BCUT2D eigenvalue weighted by molar-refractivity contribution is 6.30. The van der Waals surface area contributed by atoms with Gasteiger partial charge in [-0.1, -0.05) is 31.9 Å². The summed E-state index contributed by atoms with van der Waals surface area (Å²) in [6, 6.07) is 5.47. The number of ether oxygens (including phenoxy) is 1. The van der Waals surface area contributed by atoms with E-state index in [1.54, 1.807) is 13.2 Å². The number of rotatable bonds is 2. The summed E-state index contributed by atoms with van der Waals surface area (Å²) in [7, 11) is 1.63. The van der Waals surface area contributed by atoms with Crippen LogP contribution in [0.5, 0.6) is 5.75 Å². The molecule has 0 spiro atoms. The fourth-order valence-electron chi connectivity index (χ4n) is 3.04. The number of methoxy groups -OCH3 is 1. The smallest absolute Gasteiger partial charge is 0.125 e. The molecule has 1 aromatic rings. The normalized spacial score (nSPS) is 32.3. The minimum atomic E-state index is -0.825. The van der Waals surface area contributed by atoms with Crippen LogP contribution in [0.25, 0.3) is 0 Å². The fourth-order valence-corrected chi connectivity index (χ4v) is 3.21. The highest BCUT2D eigenvalue weighted by atomic mass is 35.5. The van der Waals surface area contributed by atoms with Crippen molar-refractivity contribution in [3.05, 3.63) is 28.8 Å². The van der Waals surface area contributed by atoms with Gasteiger partial charge in [0.2, 0.25) is 0 Å². The standard InChI is InChI=1S/C15H21ClO2/c1-10-5-4-8-15(17,11(10)2)13-9-12(16)6-7-14(13)18-3/h6-7,9-11,17H,4-5,8H2,1-3H3. The van der Waals surface area contributed by atoms with Crippen LogP contribution < -0.4 is 4.74 Å². The monoisotopic (exact) mass is 268 g/mol. The molecule has 1 aliphatic rings. The quantitative estimate of drug-likeness (QED) is 0.879. The summed E-state index contributed by atoms with van der Waals surface area (Å²) >= 11 is 6.07. The van der Waals surface area contributed by atoms with Gasteiger partial charge in [0, 0.05) is 10.6 Å². The van der Waals surface area contributed by atoms with Crippen molar-refractivity contribution in [3.63, 3.8) is 0 Å². The first kappa shape index (κ1) is 13.7. The predicted octanol–water partition coefficient (Wildman–Crippen LogP) is 3.99. The van der Waals surface area contributed by atoms with Gasteiger partial charge in [-0.25, -0.2) is 0 Å². The summed E-state index contributed by atoms with van der Waals surface area (Å²) in [5.74, 6) is 1.44. The minimum Gasteiger partial charge on any atom is -0.496 e. The van der Waals surface area contributed by atoms with E-state index in [0.717, 1.165) is 24.2 Å². The van der Waals surface area contributed by atoms with Crippen molar-refractivity contribution < 1.29 is 9.84 Å². The molecule has 0 amide bonds. The average molecular weight is 269 g/mol. The summed E-state index contributed by atoms with van der Waals surface area (Å²) in [6.07, 6.45) is 2.99. The maximum Gasteiger partial charge on any atom is 0.125 e. The maximum absolute atomic E-state index is 11.1. The molecule has 0 heterocycles. The van der Waals surface area contributed by atoms with Crippen molar-refractivity contribution in [2.75, 3.05) is 7.11 Å². The number of aliphatic hydroxyl groups is 1. The van der Waals surface area contributed by atoms with Crippen LogP contribution in [0, 0.1) is 11.8 Å². The summed E-state index contributed by atoms with van der Waals surface area (Å²) in [4.78, 5) is 0. The van der Waals surface area contributed by atoms with Crippen molar-refractivity contribution in [2.45, 2.75) is 38.7 Å². The molecule has 1 aliphatic carbocycles. The summed E-state index contributed by atoms with van der Waals surface area (Å²) in [5, 5.41) is 11.7. The number of hydrogen-bond acceptors (Lipinski definition) is 2. The van der Waals surface area contributed by atoms with E-state index in [0.29, 0.717) is 10.9 Å². The van der Waals surface area contributed by atoms with Gasteiger partial charge in [-0.15, -0.1) is 0 Å². The highest BCUT2D eigenvalue weighted by Gasteiger charge is 2.42. The molecule has 3 heteroatoms. The predicted molar refractivity (Wildman–Crippen MR) is 74.1 cm³/mol. The van der Waals surface area contributed by atoms with Crippen molar-refractivity contribution in [1.82, 2.24) is 0 Å². The summed E-state index contributed by atoms with van der Waals surface area (Å²) in [6.45, 7) is 4.32. The highest BCUT2D eigenvalue weighted by Crippen LogP contribution is 2.47. The zero-order chi connectivity index (χ0) is 13.3.